The van der Waals surface area contributed by atoms with Gasteiger partial charge in [-0.05, 0) is 201 Å². The monoisotopic (exact) mass is 876 g/mol. The molecule has 0 N–H and O–H groups in total. The van der Waals surface area contributed by atoms with Crippen molar-refractivity contribution in [3.63, 3.8) is 0 Å². The molecule has 3 aliphatic carbocycles. The molecule has 65 heavy (non-hydrogen) atoms. The second-order valence-electron chi connectivity index (χ2n) is 22.1. The number of rotatable bonds is 9. The summed E-state index contributed by atoms with van der Waals surface area (Å²) < 4.78 is 0.00473. The number of nitrogens with zero attached hydrogens (tertiary/aromatic N) is 3. The summed E-state index contributed by atoms with van der Waals surface area (Å²) in [6.45, 7) is 30.8. The highest BCUT2D eigenvalue weighted by Crippen LogP contribution is 2.57. The van der Waals surface area contributed by atoms with Gasteiger partial charge < -0.3 is 14.7 Å². The van der Waals surface area contributed by atoms with Crippen LogP contribution in [0.1, 0.15) is 111 Å². The first-order valence-electron chi connectivity index (χ1n) is 23.8. The summed E-state index contributed by atoms with van der Waals surface area (Å²) in [6.07, 6.45) is 10.8. The Morgan fingerprint density at radius 3 is 1.71 bits per heavy atom. The zero-order chi connectivity index (χ0) is 46.2. The van der Waals surface area contributed by atoms with E-state index < -0.39 is 0 Å². The lowest BCUT2D eigenvalue weighted by atomic mass is 9.55. The Balaban J connectivity index is 1.25. The molecule has 3 nitrogen and oxygen atoms in total. The first-order valence-corrected chi connectivity index (χ1v) is 24.7. The molecule has 5 aromatic rings. The van der Waals surface area contributed by atoms with Crippen molar-refractivity contribution in [2.75, 3.05) is 14.7 Å². The van der Waals surface area contributed by atoms with Crippen molar-refractivity contribution in [3.8, 4) is 0 Å². The first kappa shape index (κ1) is 44.7. The maximum atomic E-state index is 2.64. The van der Waals surface area contributed by atoms with Gasteiger partial charge in [-0.1, -0.05) is 109 Å². The van der Waals surface area contributed by atoms with Gasteiger partial charge in [0.05, 0.1) is 11.4 Å². The van der Waals surface area contributed by atoms with E-state index in [9.17, 15) is 0 Å². The molecule has 2 bridgehead atoms. The third kappa shape index (κ3) is 8.26. The number of anilines is 7. The van der Waals surface area contributed by atoms with Gasteiger partial charge >= 0.3 is 0 Å². The number of aryl methyl sites for hydroxylation is 3. The van der Waals surface area contributed by atoms with E-state index in [2.05, 4.69) is 244 Å². The second kappa shape index (κ2) is 16.5. The molecule has 1 saturated carbocycles. The minimum Gasteiger partial charge on any atom is -0.314 e. The number of fused-ring (bicyclic) bond motifs is 3. The van der Waals surface area contributed by atoms with Crippen LogP contribution < -0.4 is 14.7 Å². The molecule has 2 aliphatic heterocycles. The van der Waals surface area contributed by atoms with E-state index in [1.54, 1.807) is 5.57 Å². The Labute approximate surface area is 395 Å². The Morgan fingerprint density at radius 2 is 1.14 bits per heavy atom. The van der Waals surface area contributed by atoms with E-state index in [0.29, 0.717) is 5.92 Å². The van der Waals surface area contributed by atoms with Crippen LogP contribution in [0.3, 0.4) is 0 Å². The smallest absolute Gasteiger partial charge is 0.0600 e. The normalized spacial score (nSPS) is 19.4. The number of allylic oxidation sites excluding steroid dienone is 6. The van der Waals surface area contributed by atoms with Crippen LogP contribution in [0.2, 0.25) is 0 Å². The molecule has 1 fully saturated rings. The topological polar surface area (TPSA) is 9.72 Å². The first-order chi connectivity index (χ1) is 30.7. The van der Waals surface area contributed by atoms with Gasteiger partial charge in [0, 0.05) is 50.1 Å². The van der Waals surface area contributed by atoms with E-state index in [0.717, 1.165) is 23.5 Å². The number of thioether (sulfide) groups is 1. The fourth-order valence-electron chi connectivity index (χ4n) is 11.0. The molecule has 5 aliphatic rings. The quantitative estimate of drug-likeness (QED) is 0.146. The van der Waals surface area contributed by atoms with Gasteiger partial charge in [0.2, 0.25) is 0 Å². The zero-order valence-corrected chi connectivity index (χ0v) is 42.0. The molecule has 0 aromatic heterocycles. The van der Waals surface area contributed by atoms with Crippen LogP contribution >= 0.6 is 11.8 Å². The number of hydrogen-bond acceptors (Lipinski definition) is 4. The Morgan fingerprint density at radius 1 is 0.585 bits per heavy atom. The minimum absolute atomic E-state index is 0.00473. The molecule has 334 valence electrons. The van der Waals surface area contributed by atoms with Crippen LogP contribution in [0, 0.1) is 37.5 Å². The molecule has 2 heterocycles. The van der Waals surface area contributed by atoms with Gasteiger partial charge in [-0.15, -0.1) is 11.8 Å². The molecule has 0 spiro atoms. The van der Waals surface area contributed by atoms with Gasteiger partial charge in [-0.25, -0.2) is 0 Å². The maximum Gasteiger partial charge on any atom is 0.0600 e. The van der Waals surface area contributed by atoms with Crippen molar-refractivity contribution in [1.82, 2.24) is 0 Å². The van der Waals surface area contributed by atoms with E-state index in [1.165, 1.54) is 86.0 Å². The number of benzene rings is 5. The molecule has 4 heteroatoms. The largest absolute Gasteiger partial charge is 0.314 e. The number of hydrogen-bond donors (Lipinski definition) is 0. The Kier molecular flexibility index (Phi) is 11.3. The third-order valence-electron chi connectivity index (χ3n) is 14.9. The van der Waals surface area contributed by atoms with Crippen molar-refractivity contribution < 1.29 is 0 Å². The SMILES string of the molecule is CC1=C2C=C1C(C)(C)SC=C2N(c1ccc(C(C)(C)C)cc1)c1cc(C)cc(N(C2=CC=C3C(C2)C(C)(C)CCC3(C)C)c2c(C)cc(N(c3ccccc3)c3ccccc3)cc2C)c1. The van der Waals surface area contributed by atoms with Crippen molar-refractivity contribution >= 4 is 51.6 Å². The van der Waals surface area contributed by atoms with Crippen LogP contribution in [-0.2, 0) is 5.41 Å². The highest BCUT2D eigenvalue weighted by Gasteiger charge is 2.45. The van der Waals surface area contributed by atoms with Crippen LogP contribution in [0.5, 0.6) is 0 Å². The highest BCUT2D eigenvalue weighted by molar-refractivity contribution is 8.03. The van der Waals surface area contributed by atoms with E-state index in [1.807, 2.05) is 11.8 Å². The van der Waals surface area contributed by atoms with Crippen LogP contribution in [0.15, 0.2) is 173 Å². The van der Waals surface area contributed by atoms with Crippen molar-refractivity contribution in [1.29, 1.82) is 0 Å². The van der Waals surface area contributed by atoms with Gasteiger partial charge in [0.1, 0.15) is 0 Å². The fourth-order valence-corrected chi connectivity index (χ4v) is 12.0. The van der Waals surface area contributed by atoms with Crippen molar-refractivity contribution in [2.45, 2.75) is 119 Å². The van der Waals surface area contributed by atoms with Gasteiger partial charge in [-0.2, -0.15) is 0 Å². The molecule has 0 radical (unpaired) electrons. The molecule has 1 unspecified atom stereocenters. The zero-order valence-electron chi connectivity index (χ0n) is 41.2. The predicted molar refractivity (Wildman–Crippen MR) is 283 cm³/mol. The average Bonchev–Trinajstić information content (AvgIpc) is 3.45. The van der Waals surface area contributed by atoms with Gasteiger partial charge in [0.25, 0.3) is 0 Å². The minimum atomic E-state index is 0.00473. The molecular weight excluding hydrogens is 807 g/mol. The standard InChI is InChI=1S/C61H69N3S/c1-40-32-49(63(47-26-24-44(25-27-47)58(5,6)7)56-39-65-61(12,13)54-38-52(56)43(54)4)36-50(33-40)64(48-28-29-53-55(37-48)60(10,11)31-30-59(53,8)9)57-41(2)34-51(35-42(57)3)62(45-20-16-14-17-21-45)46-22-18-15-19-23-46/h14-29,32-36,38-39,55H,30-31,37H2,1-13H3. The van der Waals surface area contributed by atoms with Crippen molar-refractivity contribution in [3.05, 3.63) is 195 Å². The maximum absolute atomic E-state index is 2.64. The van der Waals surface area contributed by atoms with Crippen LogP contribution in [0.25, 0.3) is 0 Å². The molecule has 1 atom stereocenters. The predicted octanol–water partition coefficient (Wildman–Crippen LogP) is 18.0. The summed E-state index contributed by atoms with van der Waals surface area (Å²) in [6, 6.07) is 43.0. The van der Waals surface area contributed by atoms with E-state index in [4.69, 9.17) is 0 Å². The third-order valence-corrected chi connectivity index (χ3v) is 16.1. The Bertz CT molecular complexity index is 2740. The van der Waals surface area contributed by atoms with E-state index >= 15 is 0 Å². The van der Waals surface area contributed by atoms with Gasteiger partial charge in [0.15, 0.2) is 0 Å². The molecule has 10 rings (SSSR count). The summed E-state index contributed by atoms with van der Waals surface area (Å²) in [5.41, 5.74) is 22.1. The lowest BCUT2D eigenvalue weighted by molar-refractivity contribution is 0.121. The molecule has 5 aromatic carbocycles. The fraction of sp³-hybridized carbons (Fsp3) is 0.344. The van der Waals surface area contributed by atoms with Gasteiger partial charge in [-0.3, -0.25) is 0 Å². The average molecular weight is 876 g/mol. The molecule has 0 amide bonds. The van der Waals surface area contributed by atoms with Crippen LogP contribution in [-0.4, -0.2) is 4.75 Å². The summed E-state index contributed by atoms with van der Waals surface area (Å²) >= 11 is 1.93. The lowest BCUT2D eigenvalue weighted by Crippen LogP contribution is -2.40. The Hall–Kier alpha value is -5.45. The van der Waals surface area contributed by atoms with Crippen molar-refractivity contribution in [2.24, 2.45) is 16.7 Å². The second-order valence-corrected chi connectivity index (χ2v) is 23.6. The summed E-state index contributed by atoms with van der Waals surface area (Å²) in [5, 5.41) is 2.42. The summed E-state index contributed by atoms with van der Waals surface area (Å²) in [5.74, 6) is 0.452. The molecule has 0 saturated heterocycles. The number of para-hydroxylation sites is 2. The highest BCUT2D eigenvalue weighted by atomic mass is 32.2. The van der Waals surface area contributed by atoms with Crippen LogP contribution in [0.4, 0.5) is 39.8 Å². The van der Waals surface area contributed by atoms with E-state index in [-0.39, 0.29) is 21.0 Å². The summed E-state index contributed by atoms with van der Waals surface area (Å²) in [4.78, 5) is 7.55. The molecular formula is C61H69N3S. The lowest BCUT2D eigenvalue weighted by Gasteiger charge is -2.51. The summed E-state index contributed by atoms with van der Waals surface area (Å²) in [7, 11) is 0.